The van der Waals surface area contributed by atoms with E-state index in [9.17, 15) is 19.7 Å². The normalized spacial score (nSPS) is 14.8. The Kier molecular flexibility index (Phi) is 5.43. The summed E-state index contributed by atoms with van der Waals surface area (Å²) in [6.07, 6.45) is 0.524. The molecule has 1 atom stereocenters. The number of halogens is 1. The minimum absolute atomic E-state index is 0.0730. The summed E-state index contributed by atoms with van der Waals surface area (Å²) in [5.41, 5.74) is 2.82. The molecule has 0 saturated heterocycles. The highest BCUT2D eigenvalue weighted by molar-refractivity contribution is 6.30. The molecule has 9 nitrogen and oxygen atoms in total. The predicted molar refractivity (Wildman–Crippen MR) is 116 cm³/mol. The number of nitrogens with zero attached hydrogens (tertiary/aromatic N) is 3. The number of aromatic nitrogens is 2. The molecule has 158 valence electrons. The molecule has 3 aromatic rings. The summed E-state index contributed by atoms with van der Waals surface area (Å²) in [4.78, 5) is 35.4. The zero-order valence-electron chi connectivity index (χ0n) is 16.5. The molecule has 2 amide bonds. The van der Waals surface area contributed by atoms with Crippen molar-refractivity contribution in [3.8, 4) is 11.1 Å². The van der Waals surface area contributed by atoms with Gasteiger partial charge in [0, 0.05) is 28.4 Å². The second-order valence-electron chi connectivity index (χ2n) is 7.04. The first kappa shape index (κ1) is 20.5. The molecule has 1 aliphatic heterocycles. The Morgan fingerprint density at radius 2 is 1.90 bits per heavy atom. The Balaban J connectivity index is 1.56. The summed E-state index contributed by atoms with van der Waals surface area (Å²) in [5, 5.41) is 21.4. The number of hydrogen-bond acceptors (Lipinski definition) is 5. The van der Waals surface area contributed by atoms with Crippen LogP contribution in [0.2, 0.25) is 5.02 Å². The molecule has 0 spiro atoms. The monoisotopic (exact) mass is 439 g/mol. The van der Waals surface area contributed by atoms with Crippen molar-refractivity contribution < 1.29 is 14.5 Å². The Labute approximate surface area is 182 Å². The maximum absolute atomic E-state index is 12.6. The fraction of sp³-hybridized carbons (Fsp3) is 0.190. The lowest BCUT2D eigenvalue weighted by Crippen LogP contribution is -2.23. The Bertz CT molecular complexity index is 1170. The Morgan fingerprint density at radius 1 is 1.23 bits per heavy atom. The lowest BCUT2D eigenvalue weighted by Gasteiger charge is -2.10. The van der Waals surface area contributed by atoms with Gasteiger partial charge in [0.15, 0.2) is 0 Å². The van der Waals surface area contributed by atoms with E-state index in [0.717, 1.165) is 16.8 Å². The van der Waals surface area contributed by atoms with Crippen LogP contribution in [0.5, 0.6) is 0 Å². The SMILES string of the molecule is CCc1nn2c(c1-c1ccc(Cl)cc1)NC(=O)C2CC(=O)Nc1ccc([N+](=O)[O-])cc1. The van der Waals surface area contributed by atoms with Crippen LogP contribution in [-0.2, 0) is 16.0 Å². The zero-order chi connectivity index (χ0) is 22.1. The molecule has 2 heterocycles. The van der Waals surface area contributed by atoms with Crippen LogP contribution in [0, 0.1) is 10.1 Å². The van der Waals surface area contributed by atoms with Crippen molar-refractivity contribution in [2.75, 3.05) is 10.6 Å². The van der Waals surface area contributed by atoms with E-state index in [1.54, 1.807) is 16.8 Å². The van der Waals surface area contributed by atoms with E-state index in [1.165, 1.54) is 24.3 Å². The molecule has 1 aromatic heterocycles. The van der Waals surface area contributed by atoms with Gasteiger partial charge in [0.2, 0.25) is 5.91 Å². The summed E-state index contributed by atoms with van der Waals surface area (Å²) < 4.78 is 1.56. The van der Waals surface area contributed by atoms with Crippen LogP contribution in [0.4, 0.5) is 17.2 Å². The number of carbonyl (C=O) groups excluding carboxylic acids is 2. The van der Waals surface area contributed by atoms with E-state index in [0.29, 0.717) is 22.9 Å². The average molecular weight is 440 g/mol. The summed E-state index contributed by atoms with van der Waals surface area (Å²) in [6, 6.07) is 12.0. The smallest absolute Gasteiger partial charge is 0.269 e. The summed E-state index contributed by atoms with van der Waals surface area (Å²) >= 11 is 5.99. The van der Waals surface area contributed by atoms with Crippen LogP contribution in [0.15, 0.2) is 48.5 Å². The van der Waals surface area contributed by atoms with Crippen LogP contribution in [0.25, 0.3) is 11.1 Å². The van der Waals surface area contributed by atoms with Gasteiger partial charge in [0.25, 0.3) is 11.6 Å². The minimum atomic E-state index is -0.792. The molecule has 0 aliphatic carbocycles. The largest absolute Gasteiger partial charge is 0.326 e. The maximum atomic E-state index is 12.6. The molecule has 0 radical (unpaired) electrons. The van der Waals surface area contributed by atoms with Gasteiger partial charge in [-0.25, -0.2) is 4.68 Å². The number of anilines is 2. The second-order valence-corrected chi connectivity index (χ2v) is 7.47. The van der Waals surface area contributed by atoms with Crippen LogP contribution < -0.4 is 10.6 Å². The fourth-order valence-corrected chi connectivity index (χ4v) is 3.66. The van der Waals surface area contributed by atoms with Crippen molar-refractivity contribution in [1.82, 2.24) is 9.78 Å². The first-order valence-electron chi connectivity index (χ1n) is 9.60. The van der Waals surface area contributed by atoms with Gasteiger partial charge in [-0.15, -0.1) is 0 Å². The minimum Gasteiger partial charge on any atom is -0.326 e. The van der Waals surface area contributed by atoms with Crippen molar-refractivity contribution >= 4 is 40.6 Å². The molecule has 4 rings (SSSR count). The number of nitrogens with one attached hydrogen (secondary N) is 2. The summed E-state index contributed by atoms with van der Waals surface area (Å²) in [7, 11) is 0. The van der Waals surface area contributed by atoms with Gasteiger partial charge in [-0.1, -0.05) is 30.7 Å². The number of non-ortho nitro benzene ring substituents is 1. The highest BCUT2D eigenvalue weighted by atomic mass is 35.5. The number of nitro groups is 1. The predicted octanol–water partition coefficient (Wildman–Crippen LogP) is 4.20. The van der Waals surface area contributed by atoms with Gasteiger partial charge in [-0.05, 0) is 36.2 Å². The lowest BCUT2D eigenvalue weighted by molar-refractivity contribution is -0.384. The van der Waals surface area contributed by atoms with Crippen LogP contribution >= 0.6 is 11.6 Å². The third-order valence-electron chi connectivity index (χ3n) is 5.03. The molecule has 2 aromatic carbocycles. The van der Waals surface area contributed by atoms with Crippen molar-refractivity contribution in [3.63, 3.8) is 0 Å². The summed E-state index contributed by atoms with van der Waals surface area (Å²) in [5.74, 6) is -0.167. The van der Waals surface area contributed by atoms with Gasteiger partial charge in [-0.3, -0.25) is 19.7 Å². The number of rotatable bonds is 6. The number of hydrogen-bond donors (Lipinski definition) is 2. The number of fused-ring (bicyclic) bond motifs is 1. The van der Waals surface area contributed by atoms with Crippen LogP contribution in [0.3, 0.4) is 0 Å². The number of aryl methyl sites for hydroxylation is 1. The molecule has 2 N–H and O–H groups in total. The van der Waals surface area contributed by atoms with E-state index in [4.69, 9.17) is 11.6 Å². The molecule has 1 unspecified atom stereocenters. The molecule has 31 heavy (non-hydrogen) atoms. The molecule has 1 aliphatic rings. The molecule has 0 saturated carbocycles. The maximum Gasteiger partial charge on any atom is 0.269 e. The third-order valence-corrected chi connectivity index (χ3v) is 5.28. The van der Waals surface area contributed by atoms with E-state index in [-0.39, 0.29) is 18.0 Å². The number of amides is 2. The van der Waals surface area contributed by atoms with Gasteiger partial charge in [-0.2, -0.15) is 5.10 Å². The van der Waals surface area contributed by atoms with Crippen molar-refractivity contribution in [2.24, 2.45) is 0 Å². The third kappa shape index (κ3) is 3.99. The molecular formula is C21H18ClN5O4. The molecular weight excluding hydrogens is 422 g/mol. The van der Waals surface area contributed by atoms with Crippen LogP contribution in [0.1, 0.15) is 25.1 Å². The van der Waals surface area contributed by atoms with Gasteiger partial charge in [0.05, 0.1) is 17.0 Å². The topological polar surface area (TPSA) is 119 Å². The summed E-state index contributed by atoms with van der Waals surface area (Å²) in [6.45, 7) is 1.97. The van der Waals surface area contributed by atoms with E-state index < -0.39 is 16.9 Å². The van der Waals surface area contributed by atoms with E-state index in [1.807, 2.05) is 19.1 Å². The fourth-order valence-electron chi connectivity index (χ4n) is 3.54. The van der Waals surface area contributed by atoms with Crippen molar-refractivity contribution in [1.29, 1.82) is 0 Å². The number of benzene rings is 2. The van der Waals surface area contributed by atoms with Gasteiger partial charge >= 0.3 is 0 Å². The lowest BCUT2D eigenvalue weighted by atomic mass is 10.0. The van der Waals surface area contributed by atoms with Crippen molar-refractivity contribution in [3.05, 3.63) is 69.4 Å². The highest BCUT2D eigenvalue weighted by Crippen LogP contribution is 2.39. The quantitative estimate of drug-likeness (QED) is 0.440. The standard InChI is InChI=1S/C21H18ClN5O4/c1-2-16-19(12-3-5-13(22)6-4-12)20-24-21(29)17(26(20)25-16)11-18(28)23-14-7-9-15(10-8-14)27(30)31/h3-10,17H,2,11H2,1H3,(H,23,28)(H,24,29). The first-order chi connectivity index (χ1) is 14.9. The van der Waals surface area contributed by atoms with Gasteiger partial charge < -0.3 is 10.6 Å². The zero-order valence-corrected chi connectivity index (χ0v) is 17.2. The Morgan fingerprint density at radius 3 is 2.52 bits per heavy atom. The molecule has 0 fully saturated rings. The van der Waals surface area contributed by atoms with Crippen molar-refractivity contribution in [2.45, 2.75) is 25.8 Å². The number of carbonyl (C=O) groups is 2. The Hall–Kier alpha value is -3.72. The van der Waals surface area contributed by atoms with Crippen LogP contribution in [-0.4, -0.2) is 26.5 Å². The second kappa shape index (κ2) is 8.19. The molecule has 10 heteroatoms. The average Bonchev–Trinajstić information content (AvgIpc) is 3.24. The first-order valence-corrected chi connectivity index (χ1v) is 9.97. The number of nitro benzene ring substituents is 1. The van der Waals surface area contributed by atoms with E-state index in [2.05, 4.69) is 15.7 Å². The van der Waals surface area contributed by atoms with Gasteiger partial charge in [0.1, 0.15) is 11.9 Å². The molecule has 0 bridgehead atoms. The highest BCUT2D eigenvalue weighted by Gasteiger charge is 2.36. The van der Waals surface area contributed by atoms with E-state index >= 15 is 0 Å².